The van der Waals surface area contributed by atoms with Crippen molar-refractivity contribution < 1.29 is 71.9 Å². The van der Waals surface area contributed by atoms with E-state index in [1.807, 2.05) is 0 Å². The second-order valence-corrected chi connectivity index (χ2v) is 13.4. The number of imide groups is 1. The van der Waals surface area contributed by atoms with Crippen LogP contribution in [0.3, 0.4) is 0 Å². The van der Waals surface area contributed by atoms with Crippen molar-refractivity contribution in [2.24, 2.45) is 0 Å². The summed E-state index contributed by atoms with van der Waals surface area (Å²) in [4.78, 5) is 53.0. The van der Waals surface area contributed by atoms with E-state index in [4.69, 9.17) is 0 Å². The Morgan fingerprint density at radius 2 is 0.933 bits per heavy atom. The number of alkyl halides is 10. The van der Waals surface area contributed by atoms with Crippen molar-refractivity contribution in [3.05, 3.63) is 159 Å². The van der Waals surface area contributed by atoms with Crippen LogP contribution in [-0.4, -0.2) is 48.8 Å². The third-order valence-electron chi connectivity index (χ3n) is 8.72. The van der Waals surface area contributed by atoms with E-state index in [1.54, 1.807) is 12.1 Å². The van der Waals surface area contributed by atoms with E-state index >= 15 is 13.2 Å². The molecule has 0 aliphatic carbocycles. The number of amides is 2. The first-order valence-corrected chi connectivity index (χ1v) is 17.6. The van der Waals surface area contributed by atoms with E-state index in [-0.39, 0.29) is 23.3 Å². The Kier molecular flexibility index (Phi) is 12.9. The summed E-state index contributed by atoms with van der Waals surface area (Å²) < 4.78 is 177. The molecule has 5 rings (SSSR count). The third-order valence-corrected chi connectivity index (χ3v) is 9.38. The Labute approximate surface area is 339 Å². The molecule has 0 saturated carbocycles. The van der Waals surface area contributed by atoms with Crippen LogP contribution in [0.4, 0.5) is 69.7 Å². The van der Waals surface area contributed by atoms with Crippen LogP contribution in [0.2, 0.25) is 0 Å². The van der Waals surface area contributed by atoms with E-state index < -0.39 is 121 Å². The van der Waals surface area contributed by atoms with Crippen molar-refractivity contribution in [2.45, 2.75) is 24.2 Å². The molecule has 0 aliphatic heterocycles. The lowest BCUT2D eigenvalue weighted by Crippen LogP contribution is -2.52. The zero-order valence-electron chi connectivity index (χ0n) is 29.8. The Morgan fingerprint density at radius 3 is 1.30 bits per heavy atom. The monoisotopic (exact) mass is 917 g/mol. The summed E-state index contributed by atoms with van der Waals surface area (Å²) in [5, 5.41) is 4.59. The summed E-state index contributed by atoms with van der Waals surface area (Å²) in [6.45, 7) is -1.43. The van der Waals surface area contributed by atoms with Crippen LogP contribution in [0.5, 0.6) is 0 Å². The first-order valence-electron chi connectivity index (χ1n) is 16.8. The van der Waals surface area contributed by atoms with Crippen LogP contribution in [0.25, 0.3) is 0 Å². The first-order chi connectivity index (χ1) is 28.0. The fourth-order valence-corrected chi connectivity index (χ4v) is 6.40. The summed E-state index contributed by atoms with van der Waals surface area (Å²) in [6, 6.07) is 18.5. The predicted molar refractivity (Wildman–Crippen MR) is 197 cm³/mol. The van der Waals surface area contributed by atoms with E-state index in [1.165, 1.54) is 48.5 Å². The van der Waals surface area contributed by atoms with Crippen molar-refractivity contribution in [3.8, 4) is 0 Å². The summed E-state index contributed by atoms with van der Waals surface area (Å²) in [7, 11) is 0. The summed E-state index contributed by atoms with van der Waals surface area (Å²) in [5.74, 6) is -9.84. The van der Waals surface area contributed by atoms with Crippen molar-refractivity contribution >= 4 is 56.4 Å². The van der Waals surface area contributed by atoms with Gasteiger partial charge in [-0.25, -0.2) is 18.1 Å². The number of nitrogens with one attached hydrogen (secondary N) is 2. The van der Waals surface area contributed by atoms with Crippen molar-refractivity contribution in [3.63, 3.8) is 0 Å². The molecule has 0 saturated heterocycles. The second kappa shape index (κ2) is 17.2. The maximum absolute atomic E-state index is 16.2. The molecule has 0 atom stereocenters. The molecule has 2 N–H and O–H groups in total. The van der Waals surface area contributed by atoms with Crippen LogP contribution in [0.1, 0.15) is 52.6 Å². The number of ketones is 2. The number of hydrogen-bond donors (Lipinski definition) is 2. The maximum atomic E-state index is 16.2. The summed E-state index contributed by atoms with van der Waals surface area (Å²) in [6.07, 6.45) is -20.4. The highest BCUT2D eigenvalue weighted by Gasteiger charge is 2.75. The van der Waals surface area contributed by atoms with Gasteiger partial charge < -0.3 is 10.6 Å². The van der Waals surface area contributed by atoms with E-state index in [9.17, 15) is 58.7 Å². The predicted octanol–water partition coefficient (Wildman–Crippen LogP) is 11.1. The zero-order valence-corrected chi connectivity index (χ0v) is 31.4. The lowest BCUT2D eigenvalue weighted by molar-refractivity contribution is -0.348. The minimum atomic E-state index is -7.16. The lowest BCUT2D eigenvalue weighted by atomic mass is 9.89. The molecule has 0 unspecified atom stereocenters. The molecular weight excluding hydrogens is 894 g/mol. The van der Waals surface area contributed by atoms with Crippen LogP contribution < -0.4 is 15.5 Å². The van der Waals surface area contributed by atoms with Gasteiger partial charge in [0, 0.05) is 21.2 Å². The molecule has 314 valence electrons. The molecule has 0 aliphatic rings. The zero-order chi connectivity index (χ0) is 44.4. The van der Waals surface area contributed by atoms with Gasteiger partial charge in [0.05, 0.1) is 46.8 Å². The highest BCUT2D eigenvalue weighted by Crippen LogP contribution is 2.59. The number of anilines is 3. The van der Waals surface area contributed by atoms with Gasteiger partial charge in [-0.2, -0.15) is 39.5 Å². The smallest absolute Gasteiger partial charge is 0.375 e. The largest absolute Gasteiger partial charge is 0.436 e. The van der Waals surface area contributed by atoms with Gasteiger partial charge in [0.1, 0.15) is 0 Å². The highest BCUT2D eigenvalue weighted by molar-refractivity contribution is 9.10. The summed E-state index contributed by atoms with van der Waals surface area (Å²) in [5.41, 5.74) is -19.6. The fraction of sp³-hybridized carbons (Fsp3) is 0.150. The molecule has 60 heavy (non-hydrogen) atoms. The molecule has 5 aromatic carbocycles. The van der Waals surface area contributed by atoms with Gasteiger partial charge in [0.2, 0.25) is 0 Å². The van der Waals surface area contributed by atoms with E-state index in [2.05, 4.69) is 26.6 Å². The van der Waals surface area contributed by atoms with Gasteiger partial charge in [-0.3, -0.25) is 19.2 Å². The average molecular weight is 919 g/mol. The minimum Gasteiger partial charge on any atom is -0.375 e. The van der Waals surface area contributed by atoms with Crippen molar-refractivity contribution in [1.82, 2.24) is 0 Å². The Bertz CT molecular complexity index is 2310. The van der Waals surface area contributed by atoms with Crippen LogP contribution >= 0.6 is 15.9 Å². The molecule has 0 heterocycles. The van der Waals surface area contributed by atoms with Crippen LogP contribution in [0.15, 0.2) is 114 Å². The normalized spacial score (nSPS) is 12.2. The standard InChI is InChI=1S/C40H24BrF12N3O4/c41-26-18-17-25(38(45,46)47)34(31(26)37(44,39(48,49)50)40(51,52)53)56(35(59)23-13-7-15-27(32(23)42)54-19-29(57)21-9-3-1-4-10-21)36(60)24-14-8-16-28(33(24)43)55-20-30(58)22-11-5-2-6-12-22/h1-18,54-55H,19-20H2. The molecule has 20 heteroatoms. The average Bonchev–Trinajstić information content (AvgIpc) is 3.19. The van der Waals surface area contributed by atoms with Gasteiger partial charge in [-0.15, -0.1) is 0 Å². The molecule has 5 aromatic rings. The molecule has 0 bridgehead atoms. The van der Waals surface area contributed by atoms with Crippen molar-refractivity contribution in [1.29, 1.82) is 0 Å². The molecular formula is C40H24BrF12N3O4. The topological polar surface area (TPSA) is 95.6 Å². The number of benzene rings is 5. The Balaban J connectivity index is 1.75. The van der Waals surface area contributed by atoms with E-state index in [0.717, 1.165) is 24.3 Å². The highest BCUT2D eigenvalue weighted by atomic mass is 79.9. The number of halogens is 13. The molecule has 7 nitrogen and oxygen atoms in total. The molecule has 0 aromatic heterocycles. The number of rotatable bonds is 12. The molecule has 0 fully saturated rings. The van der Waals surface area contributed by atoms with Gasteiger partial charge in [-0.05, 0) is 36.4 Å². The number of hydrogen-bond acceptors (Lipinski definition) is 6. The Hall–Kier alpha value is -6.18. The third kappa shape index (κ3) is 8.87. The van der Waals surface area contributed by atoms with Gasteiger partial charge in [0.15, 0.2) is 23.2 Å². The molecule has 2 amide bonds. The molecule has 0 spiro atoms. The van der Waals surface area contributed by atoms with Gasteiger partial charge >= 0.3 is 24.2 Å². The second-order valence-electron chi connectivity index (χ2n) is 12.5. The molecule has 0 radical (unpaired) electrons. The van der Waals surface area contributed by atoms with Crippen LogP contribution in [0, 0.1) is 11.6 Å². The number of carbonyl (C=O) groups excluding carboxylic acids is 4. The number of Topliss-reactive ketones (excluding diaryl/α,β-unsaturated/α-hetero) is 2. The minimum absolute atomic E-state index is 0.0651. The van der Waals surface area contributed by atoms with Gasteiger partial charge in [-0.1, -0.05) is 88.7 Å². The van der Waals surface area contributed by atoms with Crippen molar-refractivity contribution in [2.75, 3.05) is 28.6 Å². The van der Waals surface area contributed by atoms with Crippen LogP contribution in [-0.2, 0) is 11.8 Å². The Morgan fingerprint density at radius 1 is 0.533 bits per heavy atom. The first kappa shape index (κ1) is 44.9. The number of carbonyl (C=O) groups is 4. The quantitative estimate of drug-likeness (QED) is 0.0735. The summed E-state index contributed by atoms with van der Waals surface area (Å²) >= 11 is 2.22. The maximum Gasteiger partial charge on any atom is 0.436 e. The lowest BCUT2D eigenvalue weighted by Gasteiger charge is -2.36. The number of nitrogens with zero attached hydrogens (tertiary/aromatic N) is 1. The van der Waals surface area contributed by atoms with E-state index in [0.29, 0.717) is 12.1 Å². The van der Waals surface area contributed by atoms with Gasteiger partial charge in [0.25, 0.3) is 11.8 Å². The SMILES string of the molecule is O=C(CNc1cccc(C(=O)N(C(=O)c2cccc(NCC(=O)c3ccccc3)c2F)c2c(C(F)(F)F)ccc(Br)c2C(F)(C(F)(F)F)C(F)(F)F)c1F)c1ccccc1. The fourth-order valence-electron chi connectivity index (χ4n) is 5.81.